The van der Waals surface area contributed by atoms with E-state index in [0.29, 0.717) is 12.1 Å². The van der Waals surface area contributed by atoms with Gasteiger partial charge in [-0.1, -0.05) is 0 Å². The van der Waals surface area contributed by atoms with Crippen molar-refractivity contribution in [2.75, 3.05) is 13.6 Å². The standard InChI is InChI=1S/C12H18F4N2O/c1-18-8-2-3-9(18)5-7(4-8)6-17-11(19)12(15,16)10(13)14/h7-10H,2-6H2,1H3,(H,17,19). The predicted molar refractivity (Wildman–Crippen MR) is 61.3 cm³/mol. The van der Waals surface area contributed by atoms with Crippen molar-refractivity contribution in [1.82, 2.24) is 10.2 Å². The zero-order valence-electron chi connectivity index (χ0n) is 10.7. The van der Waals surface area contributed by atoms with Crippen molar-refractivity contribution in [3.8, 4) is 0 Å². The van der Waals surface area contributed by atoms with Gasteiger partial charge in [0.15, 0.2) is 0 Å². The summed E-state index contributed by atoms with van der Waals surface area (Å²) < 4.78 is 49.5. The number of hydrogen-bond donors (Lipinski definition) is 1. The van der Waals surface area contributed by atoms with Crippen molar-refractivity contribution in [1.29, 1.82) is 0 Å². The van der Waals surface area contributed by atoms with Gasteiger partial charge in [-0.2, -0.15) is 8.78 Å². The highest BCUT2D eigenvalue weighted by molar-refractivity contribution is 5.83. The molecule has 110 valence electrons. The molecular weight excluding hydrogens is 264 g/mol. The molecule has 0 spiro atoms. The molecule has 2 atom stereocenters. The molecule has 3 nitrogen and oxygen atoms in total. The highest BCUT2D eigenvalue weighted by Crippen LogP contribution is 2.37. The lowest BCUT2D eigenvalue weighted by atomic mass is 9.91. The number of hydrogen-bond acceptors (Lipinski definition) is 2. The molecule has 2 heterocycles. The number of carbonyl (C=O) groups is 1. The Balaban J connectivity index is 1.82. The van der Waals surface area contributed by atoms with Crippen LogP contribution in [-0.4, -0.2) is 48.8 Å². The van der Waals surface area contributed by atoms with E-state index in [2.05, 4.69) is 4.90 Å². The topological polar surface area (TPSA) is 32.3 Å². The molecule has 0 aromatic rings. The summed E-state index contributed by atoms with van der Waals surface area (Å²) >= 11 is 0. The van der Waals surface area contributed by atoms with Crippen LogP contribution in [0.3, 0.4) is 0 Å². The zero-order chi connectivity index (χ0) is 14.2. The van der Waals surface area contributed by atoms with Crippen molar-refractivity contribution >= 4 is 5.91 Å². The van der Waals surface area contributed by atoms with Crippen LogP contribution in [0, 0.1) is 5.92 Å². The van der Waals surface area contributed by atoms with Gasteiger partial charge in [0.2, 0.25) is 0 Å². The van der Waals surface area contributed by atoms with Gasteiger partial charge in [0.1, 0.15) is 0 Å². The summed E-state index contributed by atoms with van der Waals surface area (Å²) in [4.78, 5) is 13.3. The van der Waals surface area contributed by atoms with Gasteiger partial charge >= 0.3 is 12.3 Å². The van der Waals surface area contributed by atoms with E-state index >= 15 is 0 Å². The largest absolute Gasteiger partial charge is 0.383 e. The second kappa shape index (κ2) is 5.26. The zero-order valence-corrected chi connectivity index (χ0v) is 10.7. The number of piperidine rings is 1. The maximum Gasteiger partial charge on any atom is 0.383 e. The fourth-order valence-electron chi connectivity index (χ4n) is 3.14. The minimum absolute atomic E-state index is 0.0575. The third-order valence-electron chi connectivity index (χ3n) is 4.32. The molecule has 2 saturated heterocycles. The third-order valence-corrected chi connectivity index (χ3v) is 4.32. The van der Waals surface area contributed by atoms with Crippen molar-refractivity contribution in [3.63, 3.8) is 0 Å². The average molecular weight is 282 g/mol. The smallest absolute Gasteiger partial charge is 0.350 e. The molecule has 0 aromatic carbocycles. The summed E-state index contributed by atoms with van der Waals surface area (Å²) in [6.45, 7) is 0.0575. The normalized spacial score (nSPS) is 31.8. The number of fused-ring (bicyclic) bond motifs is 2. The fraction of sp³-hybridized carbons (Fsp3) is 0.917. The van der Waals surface area contributed by atoms with E-state index in [-0.39, 0.29) is 12.5 Å². The monoisotopic (exact) mass is 282 g/mol. The molecule has 0 aromatic heterocycles. The molecule has 2 aliphatic rings. The van der Waals surface area contributed by atoms with E-state index in [1.54, 1.807) is 0 Å². The van der Waals surface area contributed by atoms with Gasteiger partial charge in [-0.05, 0) is 38.6 Å². The second-order valence-corrected chi connectivity index (χ2v) is 5.52. The van der Waals surface area contributed by atoms with E-state index in [9.17, 15) is 22.4 Å². The average Bonchev–Trinajstić information content (AvgIpc) is 2.58. The highest BCUT2D eigenvalue weighted by Gasteiger charge is 2.49. The van der Waals surface area contributed by atoms with Crippen LogP contribution < -0.4 is 5.32 Å². The first kappa shape index (κ1) is 14.6. The first-order valence-electron chi connectivity index (χ1n) is 6.48. The Kier molecular flexibility index (Phi) is 4.03. The van der Waals surface area contributed by atoms with Crippen LogP contribution >= 0.6 is 0 Å². The maximum atomic E-state index is 12.8. The molecule has 0 radical (unpaired) electrons. The van der Waals surface area contributed by atoms with Gasteiger partial charge in [0.25, 0.3) is 5.91 Å². The fourth-order valence-corrected chi connectivity index (χ4v) is 3.14. The molecule has 1 amide bonds. The van der Waals surface area contributed by atoms with Crippen molar-refractivity contribution in [2.45, 2.75) is 50.1 Å². The number of nitrogens with zero attached hydrogens (tertiary/aromatic N) is 1. The number of nitrogens with one attached hydrogen (secondary N) is 1. The number of alkyl halides is 4. The van der Waals surface area contributed by atoms with Crippen molar-refractivity contribution in [3.05, 3.63) is 0 Å². The molecular formula is C12H18F4N2O. The molecule has 19 heavy (non-hydrogen) atoms. The first-order chi connectivity index (χ1) is 8.82. The van der Waals surface area contributed by atoms with Crippen LogP contribution in [0.15, 0.2) is 0 Å². The van der Waals surface area contributed by atoms with Crippen LogP contribution in [0.5, 0.6) is 0 Å². The van der Waals surface area contributed by atoms with Gasteiger partial charge < -0.3 is 10.2 Å². The minimum Gasteiger partial charge on any atom is -0.350 e. The Morgan fingerprint density at radius 1 is 1.32 bits per heavy atom. The van der Waals surface area contributed by atoms with Crippen LogP contribution in [-0.2, 0) is 4.79 Å². The quantitative estimate of drug-likeness (QED) is 0.798. The number of rotatable bonds is 4. The Bertz CT molecular complexity index is 337. The van der Waals surface area contributed by atoms with Gasteiger partial charge in [-0.3, -0.25) is 4.79 Å². The van der Waals surface area contributed by atoms with Crippen LogP contribution in [0.2, 0.25) is 0 Å². The van der Waals surface area contributed by atoms with E-state index in [1.165, 1.54) is 0 Å². The summed E-state index contributed by atoms with van der Waals surface area (Å²) in [5, 5.41) is 1.97. The van der Waals surface area contributed by atoms with Gasteiger partial charge in [0, 0.05) is 18.6 Å². The molecule has 0 saturated carbocycles. The van der Waals surface area contributed by atoms with E-state index in [1.807, 2.05) is 12.4 Å². The minimum atomic E-state index is -4.59. The summed E-state index contributed by atoms with van der Waals surface area (Å²) in [6.07, 6.45) is -0.139. The molecule has 1 N–H and O–H groups in total. The molecule has 0 aliphatic carbocycles. The number of amides is 1. The lowest BCUT2D eigenvalue weighted by Gasteiger charge is -2.36. The Morgan fingerprint density at radius 2 is 1.84 bits per heavy atom. The molecule has 2 unspecified atom stereocenters. The summed E-state index contributed by atoms with van der Waals surface area (Å²) in [7, 11) is 2.04. The predicted octanol–water partition coefficient (Wildman–Crippen LogP) is 1.88. The van der Waals surface area contributed by atoms with Gasteiger partial charge in [0.05, 0.1) is 0 Å². The molecule has 7 heteroatoms. The number of halogens is 4. The van der Waals surface area contributed by atoms with E-state index in [4.69, 9.17) is 0 Å². The Labute approximate surface area is 109 Å². The Hall–Kier alpha value is -0.850. The Morgan fingerprint density at radius 3 is 2.32 bits per heavy atom. The number of carbonyl (C=O) groups excluding carboxylic acids is 1. The van der Waals surface area contributed by atoms with E-state index in [0.717, 1.165) is 25.7 Å². The lowest BCUT2D eigenvalue weighted by Crippen LogP contribution is -2.48. The first-order valence-corrected chi connectivity index (χ1v) is 6.48. The molecule has 2 bridgehead atoms. The van der Waals surface area contributed by atoms with Crippen LogP contribution in [0.4, 0.5) is 17.6 Å². The highest BCUT2D eigenvalue weighted by atomic mass is 19.3. The van der Waals surface area contributed by atoms with Crippen molar-refractivity contribution < 1.29 is 22.4 Å². The third kappa shape index (κ3) is 2.85. The SMILES string of the molecule is CN1C2CCC1CC(CNC(=O)C(F)(F)C(F)F)C2. The molecule has 2 rings (SSSR count). The summed E-state index contributed by atoms with van der Waals surface area (Å²) in [5.74, 6) is -6.36. The van der Waals surface area contributed by atoms with Crippen LogP contribution in [0.25, 0.3) is 0 Å². The second-order valence-electron chi connectivity index (χ2n) is 5.52. The van der Waals surface area contributed by atoms with E-state index < -0.39 is 18.3 Å². The lowest BCUT2D eigenvalue weighted by molar-refractivity contribution is -0.169. The summed E-state index contributed by atoms with van der Waals surface area (Å²) in [6, 6.07) is 0.854. The molecule has 2 fully saturated rings. The van der Waals surface area contributed by atoms with Gasteiger partial charge in [-0.25, -0.2) is 8.78 Å². The van der Waals surface area contributed by atoms with Crippen molar-refractivity contribution in [2.24, 2.45) is 5.92 Å². The molecule has 2 aliphatic heterocycles. The maximum absolute atomic E-state index is 12.8. The van der Waals surface area contributed by atoms with Crippen LogP contribution in [0.1, 0.15) is 25.7 Å². The summed E-state index contributed by atoms with van der Waals surface area (Å²) in [5.41, 5.74) is 0. The van der Waals surface area contributed by atoms with Gasteiger partial charge in [-0.15, -0.1) is 0 Å².